The van der Waals surface area contributed by atoms with E-state index in [1.165, 1.54) is 0 Å². The molecule has 26 heavy (non-hydrogen) atoms. The number of amides is 2. The van der Waals surface area contributed by atoms with E-state index in [-0.39, 0.29) is 12.0 Å². The highest BCUT2D eigenvalue weighted by molar-refractivity contribution is 5.94. The number of aryl methyl sites for hydroxylation is 1. The summed E-state index contributed by atoms with van der Waals surface area (Å²) in [5, 5.41) is 7.35. The van der Waals surface area contributed by atoms with E-state index in [1.54, 1.807) is 16.6 Å². The fraction of sp³-hybridized carbons (Fsp3) is 0.722. The summed E-state index contributed by atoms with van der Waals surface area (Å²) in [6.45, 7) is 10.2. The van der Waals surface area contributed by atoms with Crippen LogP contribution in [0.15, 0.2) is 0 Å². The predicted octanol–water partition coefficient (Wildman–Crippen LogP) is 1.87. The van der Waals surface area contributed by atoms with Gasteiger partial charge in [-0.3, -0.25) is 9.48 Å². The molecule has 146 valence electrons. The largest absolute Gasteiger partial charge is 0.444 e. The second kappa shape index (κ2) is 8.53. The first kappa shape index (κ1) is 20.2. The van der Waals surface area contributed by atoms with E-state index in [0.717, 1.165) is 17.7 Å². The van der Waals surface area contributed by atoms with Gasteiger partial charge in [-0.1, -0.05) is 0 Å². The highest BCUT2D eigenvalue weighted by atomic mass is 16.6. The van der Waals surface area contributed by atoms with Crippen molar-refractivity contribution >= 4 is 12.0 Å². The predicted molar refractivity (Wildman–Crippen MR) is 97.0 cm³/mol. The lowest BCUT2D eigenvalue weighted by Gasteiger charge is -2.29. The van der Waals surface area contributed by atoms with Gasteiger partial charge in [-0.15, -0.1) is 0 Å². The number of rotatable bonds is 6. The van der Waals surface area contributed by atoms with Gasteiger partial charge in [-0.2, -0.15) is 5.10 Å². The molecule has 0 aromatic carbocycles. The summed E-state index contributed by atoms with van der Waals surface area (Å²) in [4.78, 5) is 26.6. The highest BCUT2D eigenvalue weighted by Crippen LogP contribution is 2.23. The average Bonchev–Trinajstić information content (AvgIpc) is 2.87. The Morgan fingerprint density at radius 3 is 2.69 bits per heavy atom. The van der Waals surface area contributed by atoms with Crippen LogP contribution in [0.4, 0.5) is 4.79 Å². The van der Waals surface area contributed by atoms with Crippen molar-refractivity contribution in [1.82, 2.24) is 20.0 Å². The lowest BCUT2D eigenvalue weighted by atomic mass is 10.1. The number of ether oxygens (including phenoxy) is 2. The molecule has 1 aromatic heterocycles. The van der Waals surface area contributed by atoms with Gasteiger partial charge in [0.25, 0.3) is 5.91 Å². The van der Waals surface area contributed by atoms with Crippen molar-refractivity contribution in [3.05, 3.63) is 17.0 Å². The Bertz CT molecular complexity index is 648. The first-order chi connectivity index (χ1) is 12.2. The average molecular weight is 366 g/mol. The number of aromatic nitrogens is 2. The van der Waals surface area contributed by atoms with Gasteiger partial charge in [0.2, 0.25) is 0 Å². The molecule has 0 saturated carbocycles. The summed E-state index contributed by atoms with van der Waals surface area (Å²) in [5.74, 6) is -0.177. The van der Waals surface area contributed by atoms with Crippen molar-refractivity contribution in [2.45, 2.75) is 52.7 Å². The lowest BCUT2D eigenvalue weighted by Crippen LogP contribution is -2.40. The number of hydrogen-bond acceptors (Lipinski definition) is 5. The van der Waals surface area contributed by atoms with Crippen LogP contribution in [-0.4, -0.2) is 58.6 Å². The van der Waals surface area contributed by atoms with E-state index in [9.17, 15) is 9.59 Å². The fourth-order valence-electron chi connectivity index (χ4n) is 2.87. The van der Waals surface area contributed by atoms with Crippen LogP contribution in [-0.2, 0) is 29.5 Å². The van der Waals surface area contributed by atoms with E-state index < -0.39 is 5.60 Å². The van der Waals surface area contributed by atoms with Crippen LogP contribution in [0.2, 0.25) is 0 Å². The Kier molecular flexibility index (Phi) is 6.63. The number of nitrogens with zero attached hydrogens (tertiary/aromatic N) is 3. The topological polar surface area (TPSA) is 85.7 Å². The van der Waals surface area contributed by atoms with Crippen molar-refractivity contribution < 1.29 is 19.1 Å². The SMILES string of the molecule is CCOCCCNC(=O)c1c2c(nn1C)CCN(C(=O)OC(C)(C)C)C2. The van der Waals surface area contributed by atoms with Crippen molar-refractivity contribution in [3.8, 4) is 0 Å². The number of carbonyl (C=O) groups excluding carboxylic acids is 2. The zero-order valence-corrected chi connectivity index (χ0v) is 16.4. The van der Waals surface area contributed by atoms with Gasteiger partial charge in [-0.05, 0) is 34.1 Å². The molecule has 1 aliphatic heterocycles. The van der Waals surface area contributed by atoms with Crippen LogP contribution in [0.3, 0.4) is 0 Å². The van der Waals surface area contributed by atoms with Crippen LogP contribution in [0.1, 0.15) is 55.9 Å². The molecule has 1 aromatic rings. The second-order valence-electron chi connectivity index (χ2n) is 7.36. The summed E-state index contributed by atoms with van der Waals surface area (Å²) in [7, 11) is 1.76. The molecule has 1 N–H and O–H groups in total. The smallest absolute Gasteiger partial charge is 0.410 e. The molecule has 8 heteroatoms. The zero-order valence-electron chi connectivity index (χ0n) is 16.4. The van der Waals surface area contributed by atoms with Crippen LogP contribution in [0, 0.1) is 0 Å². The molecule has 2 amide bonds. The minimum absolute atomic E-state index is 0.177. The molecule has 0 unspecified atom stereocenters. The van der Waals surface area contributed by atoms with E-state index >= 15 is 0 Å². The van der Waals surface area contributed by atoms with Gasteiger partial charge < -0.3 is 19.7 Å². The summed E-state index contributed by atoms with van der Waals surface area (Å²) in [5.41, 5.74) is 1.62. The van der Waals surface area contributed by atoms with Crippen molar-refractivity contribution in [3.63, 3.8) is 0 Å². The number of nitrogens with one attached hydrogen (secondary N) is 1. The molecular weight excluding hydrogens is 336 g/mol. The van der Waals surface area contributed by atoms with Crippen LogP contribution in [0.25, 0.3) is 0 Å². The summed E-state index contributed by atoms with van der Waals surface area (Å²) in [6, 6.07) is 0. The maximum absolute atomic E-state index is 12.6. The van der Waals surface area contributed by atoms with Crippen molar-refractivity contribution in [1.29, 1.82) is 0 Å². The number of carbonyl (C=O) groups is 2. The molecule has 8 nitrogen and oxygen atoms in total. The molecule has 2 heterocycles. The third kappa shape index (κ3) is 5.20. The first-order valence-corrected chi connectivity index (χ1v) is 9.11. The summed E-state index contributed by atoms with van der Waals surface area (Å²) in [6.07, 6.45) is 0.999. The third-order valence-electron chi connectivity index (χ3n) is 4.02. The monoisotopic (exact) mass is 366 g/mol. The Balaban J connectivity index is 2.04. The van der Waals surface area contributed by atoms with Gasteiger partial charge in [0.05, 0.1) is 12.2 Å². The van der Waals surface area contributed by atoms with Gasteiger partial charge in [0.15, 0.2) is 0 Å². The molecule has 2 rings (SSSR count). The first-order valence-electron chi connectivity index (χ1n) is 9.11. The molecular formula is C18H30N4O4. The van der Waals surface area contributed by atoms with Gasteiger partial charge >= 0.3 is 6.09 Å². The molecule has 0 aliphatic carbocycles. The molecule has 0 fully saturated rings. The third-order valence-corrected chi connectivity index (χ3v) is 4.02. The second-order valence-corrected chi connectivity index (χ2v) is 7.36. The molecule has 0 bridgehead atoms. The van der Waals surface area contributed by atoms with Gasteiger partial charge in [-0.25, -0.2) is 4.79 Å². The van der Waals surface area contributed by atoms with E-state index in [0.29, 0.717) is 45.0 Å². The molecule has 0 atom stereocenters. The summed E-state index contributed by atoms with van der Waals surface area (Å²) < 4.78 is 12.3. The van der Waals surface area contributed by atoms with Crippen molar-refractivity contribution in [2.24, 2.45) is 7.05 Å². The molecule has 1 aliphatic rings. The normalized spacial score (nSPS) is 14.1. The minimum Gasteiger partial charge on any atom is -0.444 e. The Morgan fingerprint density at radius 1 is 1.31 bits per heavy atom. The Morgan fingerprint density at radius 2 is 2.04 bits per heavy atom. The Labute approximate surface area is 154 Å². The summed E-state index contributed by atoms with van der Waals surface area (Å²) >= 11 is 0. The lowest BCUT2D eigenvalue weighted by molar-refractivity contribution is 0.0222. The molecule has 0 radical (unpaired) electrons. The minimum atomic E-state index is -0.549. The standard InChI is InChI=1S/C18H30N4O4/c1-6-25-11-7-9-19-16(23)15-13-12-22(17(24)26-18(2,3)4)10-8-14(13)20-21(15)5/h6-12H2,1-5H3,(H,19,23). The quantitative estimate of drug-likeness (QED) is 0.777. The number of fused-ring (bicyclic) bond motifs is 1. The maximum Gasteiger partial charge on any atom is 0.410 e. The Hall–Kier alpha value is -2.09. The zero-order chi connectivity index (χ0) is 19.3. The van der Waals surface area contributed by atoms with Gasteiger partial charge in [0, 0.05) is 45.3 Å². The maximum atomic E-state index is 12.6. The van der Waals surface area contributed by atoms with Gasteiger partial charge in [0.1, 0.15) is 11.3 Å². The van der Waals surface area contributed by atoms with Crippen LogP contribution in [0.5, 0.6) is 0 Å². The van der Waals surface area contributed by atoms with Crippen LogP contribution < -0.4 is 5.32 Å². The molecule has 0 spiro atoms. The number of hydrogen-bond donors (Lipinski definition) is 1. The molecule has 0 saturated heterocycles. The highest BCUT2D eigenvalue weighted by Gasteiger charge is 2.31. The van der Waals surface area contributed by atoms with E-state index in [1.807, 2.05) is 27.7 Å². The van der Waals surface area contributed by atoms with E-state index in [4.69, 9.17) is 9.47 Å². The van der Waals surface area contributed by atoms with E-state index in [2.05, 4.69) is 10.4 Å². The van der Waals surface area contributed by atoms with Crippen LogP contribution >= 0.6 is 0 Å². The van der Waals surface area contributed by atoms with Crippen molar-refractivity contribution in [2.75, 3.05) is 26.3 Å². The fourth-order valence-corrected chi connectivity index (χ4v) is 2.87.